The first-order chi connectivity index (χ1) is 5.29. The zero-order valence-corrected chi connectivity index (χ0v) is 6.38. The zero-order chi connectivity index (χ0) is 8.27. The largest absolute Gasteiger partial charge is 0.491 e. The molecule has 0 unspecified atom stereocenters. The highest BCUT2D eigenvalue weighted by atomic mass is 16.5. The monoisotopic (exact) mass is 155 g/mol. The van der Waals surface area contributed by atoms with Crippen molar-refractivity contribution < 1.29 is 9.47 Å². The molecule has 1 aromatic rings. The van der Waals surface area contributed by atoms with Gasteiger partial charge < -0.3 is 14.5 Å². The average molecular weight is 155 g/mol. The van der Waals surface area contributed by atoms with Crippen LogP contribution in [-0.2, 0) is 0 Å². The molecule has 60 valence electrons. The van der Waals surface area contributed by atoms with Crippen molar-refractivity contribution in [1.29, 1.82) is 0 Å². The first-order valence-electron chi connectivity index (χ1n) is 3.08. The van der Waals surface area contributed by atoms with Crippen LogP contribution in [0.2, 0.25) is 0 Å². The molecule has 4 heteroatoms. The summed E-state index contributed by atoms with van der Waals surface area (Å²) in [6.07, 6.45) is 2.95. The molecule has 0 aliphatic carbocycles. The lowest BCUT2D eigenvalue weighted by Crippen LogP contribution is -2.08. The number of H-pyrrole nitrogens is 1. The Bertz CT molecular complexity index is 267. The van der Waals surface area contributed by atoms with Gasteiger partial charge in [0.2, 0.25) is 0 Å². The second-order valence-corrected chi connectivity index (χ2v) is 1.92. The molecule has 0 aromatic carbocycles. The predicted octanol–water partition coefficient (Wildman–Crippen LogP) is 0.392. The maximum atomic E-state index is 11.2. The molecule has 0 aliphatic rings. The fourth-order valence-electron chi connectivity index (χ4n) is 0.749. The minimum atomic E-state index is -0.242. The Labute approximate surface area is 63.8 Å². The summed E-state index contributed by atoms with van der Waals surface area (Å²) in [5.74, 6) is 0.508. The van der Waals surface area contributed by atoms with Crippen molar-refractivity contribution in [1.82, 2.24) is 4.98 Å². The van der Waals surface area contributed by atoms with Gasteiger partial charge in [0.25, 0.3) is 5.43 Å². The summed E-state index contributed by atoms with van der Waals surface area (Å²) in [7, 11) is 2.87. The smallest absolute Gasteiger partial charge is 0.265 e. The molecule has 0 atom stereocenters. The molecule has 1 aromatic heterocycles. The van der Waals surface area contributed by atoms with Gasteiger partial charge in [-0.3, -0.25) is 4.79 Å². The highest BCUT2D eigenvalue weighted by Crippen LogP contribution is 2.06. The van der Waals surface area contributed by atoms with E-state index in [4.69, 9.17) is 9.47 Å². The predicted molar refractivity (Wildman–Crippen MR) is 40.2 cm³/mol. The van der Waals surface area contributed by atoms with Gasteiger partial charge >= 0.3 is 0 Å². The van der Waals surface area contributed by atoms with Crippen LogP contribution in [0.15, 0.2) is 17.2 Å². The topological polar surface area (TPSA) is 51.3 Å². The third kappa shape index (κ3) is 1.34. The summed E-state index contributed by atoms with van der Waals surface area (Å²) < 4.78 is 9.53. The average Bonchev–Trinajstić information content (AvgIpc) is 2.05. The molecule has 0 radical (unpaired) electrons. The number of rotatable bonds is 2. The van der Waals surface area contributed by atoms with Gasteiger partial charge in [-0.25, -0.2) is 0 Å². The molecule has 0 saturated heterocycles. The summed E-state index contributed by atoms with van der Waals surface area (Å²) in [6, 6.07) is 0. The minimum Gasteiger partial charge on any atom is -0.491 e. The van der Waals surface area contributed by atoms with Crippen LogP contribution in [0.25, 0.3) is 0 Å². The van der Waals surface area contributed by atoms with Crippen molar-refractivity contribution in [2.75, 3.05) is 14.2 Å². The van der Waals surface area contributed by atoms with Crippen LogP contribution < -0.4 is 14.9 Å². The molecule has 1 N–H and O–H groups in total. The molecular weight excluding hydrogens is 146 g/mol. The molecule has 0 bridgehead atoms. The highest BCUT2D eigenvalue weighted by Gasteiger charge is 2.03. The van der Waals surface area contributed by atoms with Crippen LogP contribution in [0.3, 0.4) is 0 Å². The first-order valence-corrected chi connectivity index (χ1v) is 3.08. The number of nitrogens with one attached hydrogen (secondary N) is 1. The van der Waals surface area contributed by atoms with E-state index in [1.165, 1.54) is 26.6 Å². The molecule has 0 saturated carbocycles. The Balaban J connectivity index is 3.21. The number of hydrogen-bond acceptors (Lipinski definition) is 3. The Morgan fingerprint density at radius 1 is 1.18 bits per heavy atom. The third-order valence-electron chi connectivity index (χ3n) is 1.32. The lowest BCUT2D eigenvalue weighted by molar-refractivity contribution is 0.384. The Hall–Kier alpha value is -1.45. The van der Waals surface area contributed by atoms with Crippen LogP contribution in [0, 0.1) is 0 Å². The maximum absolute atomic E-state index is 11.2. The SMILES string of the molecule is COc1c[nH]cc(OC)c1=O. The highest BCUT2D eigenvalue weighted by molar-refractivity contribution is 5.28. The fourth-order valence-corrected chi connectivity index (χ4v) is 0.749. The third-order valence-corrected chi connectivity index (χ3v) is 1.32. The molecular formula is C7H9NO3. The number of aromatic amines is 1. The van der Waals surface area contributed by atoms with Gasteiger partial charge in [-0.05, 0) is 0 Å². The van der Waals surface area contributed by atoms with Crippen molar-refractivity contribution in [3.8, 4) is 11.5 Å². The van der Waals surface area contributed by atoms with Crippen LogP contribution in [-0.4, -0.2) is 19.2 Å². The van der Waals surface area contributed by atoms with Crippen LogP contribution in [0.4, 0.5) is 0 Å². The van der Waals surface area contributed by atoms with Gasteiger partial charge in [0.05, 0.1) is 14.2 Å². The standard InChI is InChI=1S/C7H9NO3/c1-10-5-3-8-4-6(11-2)7(5)9/h3-4H,1-2H3,(H,8,9). The van der Waals surface area contributed by atoms with Gasteiger partial charge in [-0.2, -0.15) is 0 Å². The number of methoxy groups -OCH3 is 2. The molecule has 1 rings (SSSR count). The van der Waals surface area contributed by atoms with E-state index in [9.17, 15) is 4.79 Å². The normalized spacial score (nSPS) is 9.27. The fraction of sp³-hybridized carbons (Fsp3) is 0.286. The molecule has 11 heavy (non-hydrogen) atoms. The number of ether oxygens (including phenoxy) is 2. The zero-order valence-electron chi connectivity index (χ0n) is 6.38. The van der Waals surface area contributed by atoms with Gasteiger partial charge in [0, 0.05) is 12.4 Å². The second-order valence-electron chi connectivity index (χ2n) is 1.92. The molecule has 0 amide bonds. The molecule has 1 heterocycles. The van der Waals surface area contributed by atoms with E-state index in [0.29, 0.717) is 0 Å². The van der Waals surface area contributed by atoms with Gasteiger partial charge in [-0.15, -0.1) is 0 Å². The molecule has 0 fully saturated rings. The lowest BCUT2D eigenvalue weighted by atomic mass is 10.4. The summed E-state index contributed by atoms with van der Waals surface area (Å²) in [6.45, 7) is 0. The van der Waals surface area contributed by atoms with Crippen LogP contribution >= 0.6 is 0 Å². The van der Waals surface area contributed by atoms with E-state index in [0.717, 1.165) is 0 Å². The molecule has 0 aliphatic heterocycles. The Morgan fingerprint density at radius 2 is 1.64 bits per heavy atom. The van der Waals surface area contributed by atoms with Gasteiger partial charge in [0.15, 0.2) is 11.5 Å². The van der Waals surface area contributed by atoms with Crippen molar-refractivity contribution in [3.05, 3.63) is 22.6 Å². The lowest BCUT2D eigenvalue weighted by Gasteiger charge is -2.00. The maximum Gasteiger partial charge on any atom is 0.265 e. The second kappa shape index (κ2) is 3.09. The van der Waals surface area contributed by atoms with E-state index >= 15 is 0 Å². The van der Waals surface area contributed by atoms with Crippen molar-refractivity contribution in [2.24, 2.45) is 0 Å². The van der Waals surface area contributed by atoms with E-state index in [1.807, 2.05) is 0 Å². The number of aromatic nitrogens is 1. The van der Waals surface area contributed by atoms with Crippen LogP contribution in [0.1, 0.15) is 0 Å². The van der Waals surface area contributed by atoms with E-state index in [1.54, 1.807) is 0 Å². The Kier molecular flexibility index (Phi) is 2.15. The number of pyridine rings is 1. The molecule has 0 spiro atoms. The van der Waals surface area contributed by atoms with E-state index in [2.05, 4.69) is 4.98 Å². The molecule has 4 nitrogen and oxygen atoms in total. The minimum absolute atomic E-state index is 0.242. The van der Waals surface area contributed by atoms with Crippen molar-refractivity contribution in [2.45, 2.75) is 0 Å². The number of hydrogen-bond donors (Lipinski definition) is 1. The van der Waals surface area contributed by atoms with Crippen LogP contribution in [0.5, 0.6) is 11.5 Å². The van der Waals surface area contributed by atoms with Gasteiger partial charge in [-0.1, -0.05) is 0 Å². The van der Waals surface area contributed by atoms with E-state index in [-0.39, 0.29) is 16.9 Å². The summed E-state index contributed by atoms with van der Waals surface area (Å²) in [5.41, 5.74) is -0.242. The van der Waals surface area contributed by atoms with E-state index < -0.39 is 0 Å². The van der Waals surface area contributed by atoms with Gasteiger partial charge in [0.1, 0.15) is 0 Å². The summed E-state index contributed by atoms with van der Waals surface area (Å²) >= 11 is 0. The van der Waals surface area contributed by atoms with Crippen molar-refractivity contribution in [3.63, 3.8) is 0 Å². The summed E-state index contributed by atoms with van der Waals surface area (Å²) in [5, 5.41) is 0. The Morgan fingerprint density at radius 3 is 2.00 bits per heavy atom. The van der Waals surface area contributed by atoms with Crippen molar-refractivity contribution >= 4 is 0 Å². The quantitative estimate of drug-likeness (QED) is 0.672. The summed E-state index contributed by atoms with van der Waals surface area (Å²) in [4.78, 5) is 13.9. The first kappa shape index (κ1) is 7.65.